The highest BCUT2D eigenvalue weighted by Gasteiger charge is 2.40. The molecule has 1 atom stereocenters. The fourth-order valence-electron chi connectivity index (χ4n) is 4.41. The van der Waals surface area contributed by atoms with Crippen molar-refractivity contribution in [3.63, 3.8) is 0 Å². The van der Waals surface area contributed by atoms with Gasteiger partial charge in [-0.05, 0) is 36.1 Å². The number of carbonyl (C=O) groups excluding carboxylic acids is 1. The minimum absolute atomic E-state index is 0.0699. The molecule has 3 aromatic rings. The average Bonchev–Trinajstić information content (AvgIpc) is 3.07. The first-order valence-electron chi connectivity index (χ1n) is 14.9. The number of hydrogen-bond donors (Lipinski definition) is 3. The van der Waals surface area contributed by atoms with Gasteiger partial charge in [-0.3, -0.25) is 14.5 Å². The van der Waals surface area contributed by atoms with E-state index in [1.165, 1.54) is 28.2 Å². The number of aryl methyl sites for hydroxylation is 1. The Morgan fingerprint density at radius 2 is 1.70 bits per heavy atom. The molecule has 0 bridgehead atoms. The molecule has 4 rings (SSSR count). The zero-order valence-electron chi connectivity index (χ0n) is 26.5. The van der Waals surface area contributed by atoms with Crippen molar-refractivity contribution >= 4 is 27.6 Å². The first-order chi connectivity index (χ1) is 21.9. The molecule has 0 saturated carbocycles. The first kappa shape index (κ1) is 38.4. The molecule has 2 aromatic carbocycles. The minimum Gasteiger partial charge on any atom is -0.390 e. The van der Waals surface area contributed by atoms with Crippen LogP contribution in [0.3, 0.4) is 0 Å². The second-order valence-corrected chi connectivity index (χ2v) is 11.8. The number of unbranched alkanes of at least 4 members (excludes halogenated alkanes) is 1. The molecule has 46 heavy (non-hydrogen) atoms. The molecule has 0 spiro atoms. The number of ether oxygens (including phenoxy) is 1. The van der Waals surface area contributed by atoms with Crippen LogP contribution in [0.4, 0.5) is 24.8 Å². The SMILES string of the molecule is CC.CCCCc1ccc(CNC(=O)[C@H]2CN(c3cnc(CO)c(N)n3)CCN2S(=O)(=O)c2ccccc2)cc1.COC(F)(F)F. The van der Waals surface area contributed by atoms with Crippen LogP contribution < -0.4 is 16.0 Å². The molecular weight excluding hydrogens is 625 g/mol. The Bertz CT molecular complexity index is 1460. The maximum Gasteiger partial charge on any atom is 0.522 e. The zero-order chi connectivity index (χ0) is 34.3. The number of aliphatic hydroxyl groups is 1. The van der Waals surface area contributed by atoms with Gasteiger partial charge in [0.2, 0.25) is 15.9 Å². The smallest absolute Gasteiger partial charge is 0.390 e. The Morgan fingerprint density at radius 3 is 2.24 bits per heavy atom. The van der Waals surface area contributed by atoms with Crippen molar-refractivity contribution in [3.8, 4) is 0 Å². The van der Waals surface area contributed by atoms with Crippen LogP contribution in [0.5, 0.6) is 0 Å². The number of nitrogens with one attached hydrogen (secondary N) is 1. The second-order valence-electron chi connectivity index (χ2n) is 9.90. The number of rotatable bonds is 10. The number of alkyl halides is 3. The Morgan fingerprint density at radius 1 is 1.09 bits per heavy atom. The summed E-state index contributed by atoms with van der Waals surface area (Å²) in [7, 11) is -3.34. The Hall–Kier alpha value is -3.79. The summed E-state index contributed by atoms with van der Waals surface area (Å²) in [6.07, 6.45) is 0.277. The van der Waals surface area contributed by atoms with E-state index in [0.717, 1.165) is 24.8 Å². The number of carbonyl (C=O) groups is 1. The molecule has 0 aliphatic carbocycles. The summed E-state index contributed by atoms with van der Waals surface area (Å²) in [4.78, 5) is 23.8. The lowest BCUT2D eigenvalue weighted by atomic mass is 10.1. The molecule has 1 aromatic heterocycles. The fraction of sp³-hybridized carbons (Fsp3) is 0.452. The van der Waals surface area contributed by atoms with Crippen LogP contribution in [0.25, 0.3) is 0 Å². The van der Waals surface area contributed by atoms with Gasteiger partial charge in [0, 0.05) is 33.3 Å². The van der Waals surface area contributed by atoms with Gasteiger partial charge in [0.05, 0.1) is 17.7 Å². The number of aliphatic hydroxyl groups excluding tert-OH is 1. The number of amides is 1. The predicted molar refractivity (Wildman–Crippen MR) is 170 cm³/mol. The third-order valence-electron chi connectivity index (χ3n) is 6.86. The van der Waals surface area contributed by atoms with Crippen molar-refractivity contribution in [1.29, 1.82) is 0 Å². The summed E-state index contributed by atoms with van der Waals surface area (Å²) in [5, 5.41) is 12.3. The van der Waals surface area contributed by atoms with Crippen molar-refractivity contribution in [2.75, 3.05) is 37.4 Å². The predicted octanol–water partition coefficient (Wildman–Crippen LogP) is 4.27. The lowest BCUT2D eigenvalue weighted by Gasteiger charge is -2.40. The first-order valence-corrected chi connectivity index (χ1v) is 16.3. The van der Waals surface area contributed by atoms with Crippen LogP contribution >= 0.6 is 0 Å². The van der Waals surface area contributed by atoms with Gasteiger partial charge < -0.3 is 21.1 Å². The van der Waals surface area contributed by atoms with Gasteiger partial charge in [-0.2, -0.15) is 4.31 Å². The number of hydrogen-bond acceptors (Lipinski definition) is 9. The molecule has 0 radical (unpaired) electrons. The Balaban J connectivity index is 0.000000826. The van der Waals surface area contributed by atoms with Crippen molar-refractivity contribution in [2.24, 2.45) is 0 Å². The average molecular weight is 669 g/mol. The lowest BCUT2D eigenvalue weighted by Crippen LogP contribution is -2.60. The van der Waals surface area contributed by atoms with Crippen LogP contribution in [0, 0.1) is 0 Å². The van der Waals surface area contributed by atoms with E-state index < -0.39 is 28.3 Å². The molecular formula is C31H43F3N6O5S. The second kappa shape index (κ2) is 18.4. The maximum atomic E-state index is 13.5. The third-order valence-corrected chi connectivity index (χ3v) is 8.79. The quantitative estimate of drug-likeness (QED) is 0.288. The number of nitrogen functional groups attached to an aromatic ring is 1. The molecule has 1 aliphatic rings. The molecule has 15 heteroatoms. The Kier molecular flexibility index (Phi) is 15.3. The number of nitrogens with two attached hydrogens (primary N) is 1. The minimum atomic E-state index is -4.46. The molecule has 0 unspecified atom stereocenters. The van der Waals surface area contributed by atoms with Crippen LogP contribution in [0.2, 0.25) is 0 Å². The number of benzene rings is 2. The van der Waals surface area contributed by atoms with E-state index in [4.69, 9.17) is 5.73 Å². The van der Waals surface area contributed by atoms with Gasteiger partial charge >= 0.3 is 6.36 Å². The highest BCUT2D eigenvalue weighted by Crippen LogP contribution is 2.25. The number of methoxy groups -OCH3 is 1. The number of nitrogens with zero attached hydrogens (tertiary/aromatic N) is 4. The fourth-order valence-corrected chi connectivity index (χ4v) is 6.00. The van der Waals surface area contributed by atoms with E-state index in [-0.39, 0.29) is 42.6 Å². The Labute approximate surface area is 268 Å². The normalized spacial score (nSPS) is 15.2. The monoisotopic (exact) mass is 668 g/mol. The van der Waals surface area contributed by atoms with Crippen LogP contribution in [0.15, 0.2) is 65.7 Å². The van der Waals surface area contributed by atoms with Gasteiger partial charge in [0.25, 0.3) is 0 Å². The van der Waals surface area contributed by atoms with Gasteiger partial charge in [0.15, 0.2) is 0 Å². The van der Waals surface area contributed by atoms with Crippen LogP contribution in [-0.4, -0.2) is 72.9 Å². The lowest BCUT2D eigenvalue weighted by molar-refractivity contribution is -0.311. The summed E-state index contributed by atoms with van der Waals surface area (Å²) in [5.74, 6) is 0.0989. The van der Waals surface area contributed by atoms with Gasteiger partial charge in [-0.15, -0.1) is 13.2 Å². The number of anilines is 2. The molecule has 4 N–H and O–H groups in total. The van der Waals surface area contributed by atoms with E-state index in [9.17, 15) is 31.5 Å². The van der Waals surface area contributed by atoms with Crippen molar-refractivity contribution in [2.45, 2.75) is 70.5 Å². The number of piperazine rings is 1. The van der Waals surface area contributed by atoms with E-state index in [0.29, 0.717) is 19.5 Å². The summed E-state index contributed by atoms with van der Waals surface area (Å²) >= 11 is 0. The summed E-state index contributed by atoms with van der Waals surface area (Å²) in [6, 6.07) is 15.2. The van der Waals surface area contributed by atoms with E-state index in [1.807, 2.05) is 26.0 Å². The van der Waals surface area contributed by atoms with Crippen molar-refractivity contribution in [1.82, 2.24) is 19.6 Å². The van der Waals surface area contributed by atoms with Crippen LogP contribution in [0.1, 0.15) is 50.4 Å². The molecule has 2 heterocycles. The standard InChI is InChI=1S/C27H34N6O4S.C2H3F3O.C2H6/c1-2-3-7-20-10-12-21(13-11-20)16-30-27(35)24-18-32(25-17-29-23(19-34)26(28)31-25)14-15-33(24)38(36,37)22-8-5-4-6-9-22;1-6-2(3,4)5;1-2/h4-6,8-13,17,24,34H,2-3,7,14-16,18-19H2,1H3,(H2,28,31)(H,30,35);1H3;1-2H3/t24-;;/m1../s1. The van der Waals surface area contributed by atoms with E-state index >= 15 is 0 Å². The molecule has 254 valence electrons. The third kappa shape index (κ3) is 11.2. The summed E-state index contributed by atoms with van der Waals surface area (Å²) < 4.78 is 62.9. The van der Waals surface area contributed by atoms with E-state index in [1.54, 1.807) is 23.1 Å². The molecule has 1 fully saturated rings. The molecule has 11 nitrogen and oxygen atoms in total. The number of halogens is 3. The van der Waals surface area contributed by atoms with Gasteiger partial charge in [0.1, 0.15) is 23.4 Å². The largest absolute Gasteiger partial charge is 0.522 e. The summed E-state index contributed by atoms with van der Waals surface area (Å²) in [5.41, 5.74) is 8.35. The maximum absolute atomic E-state index is 13.5. The highest BCUT2D eigenvalue weighted by atomic mass is 32.2. The number of aromatic nitrogens is 2. The summed E-state index contributed by atoms with van der Waals surface area (Å²) in [6.45, 7) is 6.53. The van der Waals surface area contributed by atoms with Crippen molar-refractivity contribution in [3.05, 3.63) is 77.6 Å². The molecule has 1 aliphatic heterocycles. The molecule has 1 saturated heterocycles. The van der Waals surface area contributed by atoms with Gasteiger partial charge in [-0.1, -0.05) is 69.7 Å². The zero-order valence-corrected chi connectivity index (χ0v) is 27.3. The number of sulfonamides is 1. The van der Waals surface area contributed by atoms with Gasteiger partial charge in [-0.25, -0.2) is 13.4 Å². The molecule has 1 amide bonds. The topological polar surface area (TPSA) is 151 Å². The van der Waals surface area contributed by atoms with Crippen molar-refractivity contribution < 1.29 is 36.2 Å². The van der Waals surface area contributed by atoms with E-state index in [2.05, 4.69) is 39.1 Å². The van der Waals surface area contributed by atoms with Crippen LogP contribution in [-0.2, 0) is 39.1 Å². The highest BCUT2D eigenvalue weighted by molar-refractivity contribution is 7.89.